The molecule has 3 heterocycles. The number of amides is 4. The van der Waals surface area contributed by atoms with Crippen molar-refractivity contribution in [2.45, 2.75) is 38.2 Å². The predicted molar refractivity (Wildman–Crippen MR) is 139 cm³/mol. The zero-order valence-electron chi connectivity index (χ0n) is 21.6. The Labute approximate surface area is 227 Å². The normalized spacial score (nSPS) is 17.5. The summed E-state index contributed by atoms with van der Waals surface area (Å²) in [4.78, 5) is 50.4. The predicted octanol–water partition coefficient (Wildman–Crippen LogP) is 3.85. The number of aromatic nitrogens is 2. The Hall–Kier alpha value is -4.68. The molecule has 0 unspecified atom stereocenters. The van der Waals surface area contributed by atoms with E-state index in [2.05, 4.69) is 20.0 Å². The maximum atomic E-state index is 13.6. The molecule has 3 aromatic rings. The molecular formula is C27H27F3N6O4. The number of alkyl halides is 3. The summed E-state index contributed by atoms with van der Waals surface area (Å²) in [6, 6.07) is 8.96. The molecule has 0 bridgehead atoms. The molecular weight excluding hydrogens is 529 g/mol. The maximum absolute atomic E-state index is 13.6. The van der Waals surface area contributed by atoms with Gasteiger partial charge in [0.25, 0.3) is 5.91 Å². The summed E-state index contributed by atoms with van der Waals surface area (Å²) in [5, 5.41) is 2.68. The Bertz CT molecular complexity index is 1390. The van der Waals surface area contributed by atoms with Crippen LogP contribution in [0.25, 0.3) is 0 Å². The third-order valence-electron chi connectivity index (χ3n) is 6.57. The fourth-order valence-corrected chi connectivity index (χ4v) is 4.59. The SMILES string of the molecule is CC[C@@H](NC(=O)N1C(=O)[C@H](Cc2ccnc(N)c2)[C@H]1C(=O)N(C)c1ccncc1)c1cccc(OC(F)(F)F)c1. The highest BCUT2D eigenvalue weighted by molar-refractivity contribution is 6.12. The molecule has 1 fully saturated rings. The molecule has 13 heteroatoms. The highest BCUT2D eigenvalue weighted by Crippen LogP contribution is 2.34. The fourth-order valence-electron chi connectivity index (χ4n) is 4.59. The third kappa shape index (κ3) is 6.30. The first-order valence-corrected chi connectivity index (χ1v) is 12.4. The average Bonchev–Trinajstić information content (AvgIpc) is 2.92. The molecule has 1 aliphatic heterocycles. The number of carbonyl (C=O) groups is 3. The van der Waals surface area contributed by atoms with Crippen LogP contribution >= 0.6 is 0 Å². The summed E-state index contributed by atoms with van der Waals surface area (Å²) in [6.07, 6.45) is 0.0596. The average molecular weight is 557 g/mol. The number of hydrogen-bond donors (Lipinski definition) is 2. The number of anilines is 2. The van der Waals surface area contributed by atoms with Crippen LogP contribution in [0.2, 0.25) is 0 Å². The number of nitrogens with two attached hydrogens (primary N) is 1. The number of urea groups is 1. The van der Waals surface area contributed by atoms with Crippen LogP contribution in [0, 0.1) is 5.92 Å². The molecule has 1 saturated heterocycles. The van der Waals surface area contributed by atoms with Crippen LogP contribution in [0.3, 0.4) is 0 Å². The van der Waals surface area contributed by atoms with Crippen molar-refractivity contribution in [3.8, 4) is 5.75 Å². The Kier molecular flexibility index (Phi) is 8.21. The van der Waals surface area contributed by atoms with Gasteiger partial charge in [-0.25, -0.2) is 9.78 Å². The minimum absolute atomic E-state index is 0.143. The number of carbonyl (C=O) groups excluding carboxylic acids is 3. The molecule has 10 nitrogen and oxygen atoms in total. The molecule has 0 spiro atoms. The first-order valence-electron chi connectivity index (χ1n) is 12.4. The molecule has 2 aromatic heterocycles. The molecule has 1 aliphatic rings. The summed E-state index contributed by atoms with van der Waals surface area (Å²) in [5.74, 6) is -2.12. The van der Waals surface area contributed by atoms with E-state index in [1.54, 1.807) is 31.2 Å². The Morgan fingerprint density at radius 1 is 1.15 bits per heavy atom. The van der Waals surface area contributed by atoms with Gasteiger partial charge in [-0.15, -0.1) is 13.2 Å². The molecule has 0 radical (unpaired) electrons. The number of nitrogens with one attached hydrogen (secondary N) is 1. The topological polar surface area (TPSA) is 131 Å². The number of benzene rings is 1. The van der Waals surface area contributed by atoms with E-state index in [9.17, 15) is 27.6 Å². The van der Waals surface area contributed by atoms with Gasteiger partial charge >= 0.3 is 12.4 Å². The third-order valence-corrected chi connectivity index (χ3v) is 6.57. The van der Waals surface area contributed by atoms with Crippen LogP contribution in [0.5, 0.6) is 5.75 Å². The number of β-lactam (4-membered cyclic amide) rings is 1. The van der Waals surface area contributed by atoms with E-state index in [-0.39, 0.29) is 12.2 Å². The molecule has 0 aliphatic carbocycles. The zero-order valence-corrected chi connectivity index (χ0v) is 21.6. The highest BCUT2D eigenvalue weighted by atomic mass is 19.4. The van der Waals surface area contributed by atoms with Crippen molar-refractivity contribution in [3.63, 3.8) is 0 Å². The van der Waals surface area contributed by atoms with Gasteiger partial charge in [-0.3, -0.25) is 19.5 Å². The largest absolute Gasteiger partial charge is 0.573 e. The van der Waals surface area contributed by atoms with E-state index < -0.39 is 48.0 Å². The van der Waals surface area contributed by atoms with E-state index >= 15 is 0 Å². The number of likely N-dealkylation sites (tertiary alicyclic amines) is 1. The maximum Gasteiger partial charge on any atom is 0.573 e. The lowest BCUT2D eigenvalue weighted by Gasteiger charge is -2.46. The monoisotopic (exact) mass is 556 g/mol. The van der Waals surface area contributed by atoms with Crippen molar-refractivity contribution in [1.29, 1.82) is 0 Å². The van der Waals surface area contributed by atoms with E-state index in [0.717, 1.165) is 17.0 Å². The number of imide groups is 1. The van der Waals surface area contributed by atoms with Gasteiger partial charge in [-0.2, -0.15) is 0 Å². The van der Waals surface area contributed by atoms with Crippen LogP contribution in [0.4, 0.5) is 29.5 Å². The van der Waals surface area contributed by atoms with Gasteiger partial charge in [0.15, 0.2) is 0 Å². The van der Waals surface area contributed by atoms with Crippen molar-refractivity contribution in [1.82, 2.24) is 20.2 Å². The van der Waals surface area contributed by atoms with E-state index in [1.165, 1.54) is 42.7 Å². The van der Waals surface area contributed by atoms with E-state index in [4.69, 9.17) is 5.73 Å². The summed E-state index contributed by atoms with van der Waals surface area (Å²) < 4.78 is 42.1. The lowest BCUT2D eigenvalue weighted by Crippen LogP contribution is -2.70. The molecule has 3 atom stereocenters. The van der Waals surface area contributed by atoms with Gasteiger partial charge in [0.05, 0.1) is 12.0 Å². The Morgan fingerprint density at radius 3 is 2.52 bits per heavy atom. The van der Waals surface area contributed by atoms with Crippen LogP contribution < -0.4 is 20.7 Å². The van der Waals surface area contributed by atoms with Crippen LogP contribution in [-0.4, -0.2) is 52.2 Å². The minimum atomic E-state index is -4.88. The molecule has 210 valence electrons. The second kappa shape index (κ2) is 11.6. The molecule has 4 amide bonds. The molecule has 40 heavy (non-hydrogen) atoms. The number of hydrogen-bond acceptors (Lipinski definition) is 7. The molecule has 1 aromatic carbocycles. The molecule has 3 N–H and O–H groups in total. The first-order chi connectivity index (χ1) is 19.0. The van der Waals surface area contributed by atoms with Crippen molar-refractivity contribution in [3.05, 3.63) is 78.2 Å². The number of nitrogens with zero attached hydrogens (tertiary/aromatic N) is 4. The minimum Gasteiger partial charge on any atom is -0.406 e. The highest BCUT2D eigenvalue weighted by Gasteiger charge is 2.55. The van der Waals surface area contributed by atoms with Crippen molar-refractivity contribution >= 4 is 29.4 Å². The van der Waals surface area contributed by atoms with Gasteiger partial charge in [-0.1, -0.05) is 19.1 Å². The number of pyridine rings is 2. The summed E-state index contributed by atoms with van der Waals surface area (Å²) in [5.41, 5.74) is 7.29. The summed E-state index contributed by atoms with van der Waals surface area (Å²) in [6.45, 7) is 1.72. The van der Waals surface area contributed by atoms with Crippen molar-refractivity contribution in [2.24, 2.45) is 5.92 Å². The summed E-state index contributed by atoms with van der Waals surface area (Å²) >= 11 is 0. The van der Waals surface area contributed by atoms with Crippen molar-refractivity contribution < 1.29 is 32.3 Å². The lowest BCUT2D eigenvalue weighted by atomic mass is 9.81. The van der Waals surface area contributed by atoms with Crippen LogP contribution in [0.1, 0.15) is 30.5 Å². The van der Waals surface area contributed by atoms with Gasteiger partial charge in [0.2, 0.25) is 5.91 Å². The first kappa shape index (κ1) is 28.3. The van der Waals surface area contributed by atoms with E-state index in [0.29, 0.717) is 23.2 Å². The van der Waals surface area contributed by atoms with Gasteiger partial charge in [-0.05, 0) is 60.4 Å². The number of ether oxygens (including phenoxy) is 1. The zero-order chi connectivity index (χ0) is 29.0. The van der Waals surface area contributed by atoms with Crippen LogP contribution in [-0.2, 0) is 16.0 Å². The smallest absolute Gasteiger partial charge is 0.406 e. The van der Waals surface area contributed by atoms with Crippen LogP contribution in [0.15, 0.2) is 67.1 Å². The second-order valence-electron chi connectivity index (χ2n) is 9.19. The van der Waals surface area contributed by atoms with Crippen molar-refractivity contribution in [2.75, 3.05) is 17.7 Å². The van der Waals surface area contributed by atoms with Gasteiger partial charge in [0, 0.05) is 31.3 Å². The summed E-state index contributed by atoms with van der Waals surface area (Å²) in [7, 11) is 1.53. The fraction of sp³-hybridized carbons (Fsp3) is 0.296. The number of nitrogen functional groups attached to an aromatic ring is 1. The van der Waals surface area contributed by atoms with E-state index in [1.807, 2.05) is 0 Å². The Morgan fingerprint density at radius 2 is 1.88 bits per heavy atom. The number of rotatable bonds is 8. The lowest BCUT2D eigenvalue weighted by molar-refractivity contribution is -0.274. The quantitative estimate of drug-likeness (QED) is 0.403. The second-order valence-corrected chi connectivity index (χ2v) is 9.19. The van der Waals surface area contributed by atoms with Gasteiger partial charge < -0.3 is 20.7 Å². The Balaban J connectivity index is 1.58. The molecule has 0 saturated carbocycles. The van der Waals surface area contributed by atoms with Gasteiger partial charge in [0.1, 0.15) is 17.6 Å². The standard InChI is InChI=1S/C27H27F3N6O4/c1-3-21(17-5-4-6-19(15-17)40-27(28,29)30)34-26(39)36-23(25(38)35(2)18-8-10-32-11-9-18)20(24(36)37)13-16-7-12-33-22(31)14-16/h4-12,14-15,20-21,23H,3,13H2,1-2H3,(H2,31,33)(H,34,39)/t20-,21-,23+/m1/s1. The number of likely N-dealkylation sites (N-methyl/N-ethyl adjacent to an activating group) is 1. The number of halogens is 3. The molecule has 4 rings (SSSR count).